The van der Waals surface area contributed by atoms with Gasteiger partial charge in [-0.2, -0.15) is 0 Å². The maximum Gasteiger partial charge on any atom is 0.310 e. The van der Waals surface area contributed by atoms with Crippen molar-refractivity contribution >= 4 is 5.97 Å². The summed E-state index contributed by atoms with van der Waals surface area (Å²) < 4.78 is 0. The van der Waals surface area contributed by atoms with Crippen molar-refractivity contribution in [2.45, 2.75) is 118 Å². The van der Waals surface area contributed by atoms with Crippen LogP contribution in [0.4, 0.5) is 0 Å². The molecule has 4 N–H and O–H groups in total. The van der Waals surface area contributed by atoms with Crippen LogP contribution in [0.3, 0.4) is 0 Å². The van der Waals surface area contributed by atoms with Crippen molar-refractivity contribution in [2.75, 3.05) is 0 Å². The van der Waals surface area contributed by atoms with E-state index in [1.807, 2.05) is 0 Å². The average molecular weight is 489 g/mol. The van der Waals surface area contributed by atoms with Crippen LogP contribution in [0.1, 0.15) is 99.8 Å². The lowest BCUT2D eigenvalue weighted by molar-refractivity contribution is -0.278. The maximum absolute atomic E-state index is 12.8. The first-order chi connectivity index (χ1) is 16.0. The number of rotatable bonds is 1. The number of aliphatic hydroxyl groups excluding tert-OH is 3. The molecule has 0 aliphatic heterocycles. The second kappa shape index (κ2) is 7.35. The number of carboxylic acids is 1. The van der Waals surface area contributed by atoms with Gasteiger partial charge >= 0.3 is 5.97 Å². The van der Waals surface area contributed by atoms with Crippen molar-refractivity contribution < 1.29 is 25.2 Å². The standard InChI is InChI=1S/C30H48O5/c1-25(2)12-14-30(24(34)35)15-13-27(5)17(18(30)16-25)8-9-20-28(27,6)11-10-19-26(3,4)22(32)21(31)23(33)29(19,20)7/h8,18-23,31-33H,9-16H2,1-7H3,(H,34,35)/t18?,19?,20?,21-,22-,23-,27+,28+,29-,30-/m0/s1. The van der Waals surface area contributed by atoms with Gasteiger partial charge in [-0.05, 0) is 90.8 Å². The van der Waals surface area contributed by atoms with Crippen molar-refractivity contribution in [1.29, 1.82) is 0 Å². The van der Waals surface area contributed by atoms with Gasteiger partial charge in [0.1, 0.15) is 6.10 Å². The third kappa shape index (κ3) is 2.95. The first-order valence-corrected chi connectivity index (χ1v) is 14.0. The van der Waals surface area contributed by atoms with Crippen molar-refractivity contribution in [3.63, 3.8) is 0 Å². The lowest BCUT2D eigenvalue weighted by Crippen LogP contribution is -2.72. The number of aliphatic carboxylic acids is 1. The second-order valence-corrected chi connectivity index (χ2v) is 15.2. The van der Waals surface area contributed by atoms with E-state index >= 15 is 0 Å². The first kappa shape index (κ1) is 25.7. The molecule has 0 heterocycles. The van der Waals surface area contributed by atoms with Crippen molar-refractivity contribution in [1.82, 2.24) is 0 Å². The average Bonchev–Trinajstić information content (AvgIpc) is 2.76. The summed E-state index contributed by atoms with van der Waals surface area (Å²) in [7, 11) is 0. The Morgan fingerprint density at radius 3 is 2.11 bits per heavy atom. The maximum atomic E-state index is 12.8. The monoisotopic (exact) mass is 488 g/mol. The third-order valence-corrected chi connectivity index (χ3v) is 13.2. The highest BCUT2D eigenvalue weighted by Crippen LogP contribution is 2.75. The van der Waals surface area contributed by atoms with Crippen LogP contribution in [-0.4, -0.2) is 44.7 Å². The summed E-state index contributed by atoms with van der Waals surface area (Å²) in [5.41, 5.74) is -0.402. The molecule has 10 atom stereocenters. The molecular weight excluding hydrogens is 440 g/mol. The van der Waals surface area contributed by atoms with E-state index in [0.29, 0.717) is 0 Å². The molecule has 0 saturated heterocycles. The molecule has 5 aliphatic carbocycles. The molecule has 0 amide bonds. The number of carboxylic acid groups (broad SMARTS) is 1. The summed E-state index contributed by atoms with van der Waals surface area (Å²) in [6.45, 7) is 15.6. The molecule has 4 saturated carbocycles. The summed E-state index contributed by atoms with van der Waals surface area (Å²) in [6.07, 6.45) is 6.22. The topological polar surface area (TPSA) is 98.0 Å². The number of aliphatic hydroxyl groups is 3. The van der Waals surface area contributed by atoms with Gasteiger partial charge in [-0.1, -0.05) is 60.1 Å². The summed E-state index contributed by atoms with van der Waals surface area (Å²) in [4.78, 5) is 12.8. The Morgan fingerprint density at radius 1 is 0.857 bits per heavy atom. The molecule has 5 nitrogen and oxygen atoms in total. The SMILES string of the molecule is CC1(C)CC[C@]2(C(=O)O)CC[C@]3(C)C(=CCC4[C@]5(C)C(CC[C@]43C)C(C)(C)[C@@H](O)[C@H](O)[C@@H]5O)C2C1. The van der Waals surface area contributed by atoms with Crippen molar-refractivity contribution in [2.24, 2.45) is 50.2 Å². The normalized spacial score (nSPS) is 54.4. The molecule has 5 aliphatic rings. The molecule has 3 unspecified atom stereocenters. The Bertz CT molecular complexity index is 952. The minimum atomic E-state index is -1.16. The van der Waals surface area contributed by atoms with Crippen LogP contribution in [-0.2, 0) is 4.79 Å². The highest BCUT2D eigenvalue weighted by Gasteiger charge is 2.72. The van der Waals surface area contributed by atoms with Crippen LogP contribution in [0.25, 0.3) is 0 Å². The predicted octanol–water partition coefficient (Wildman–Crippen LogP) is 5.18. The summed E-state index contributed by atoms with van der Waals surface area (Å²) in [5, 5.41) is 43.9. The fourth-order valence-corrected chi connectivity index (χ4v) is 10.7. The van der Waals surface area contributed by atoms with Crippen LogP contribution < -0.4 is 0 Å². The Morgan fingerprint density at radius 2 is 1.49 bits per heavy atom. The third-order valence-electron chi connectivity index (χ3n) is 13.2. The molecule has 0 aromatic heterocycles. The van der Waals surface area contributed by atoms with E-state index in [1.165, 1.54) is 5.57 Å². The zero-order valence-electron chi connectivity index (χ0n) is 22.9. The van der Waals surface area contributed by atoms with Gasteiger partial charge in [0.2, 0.25) is 0 Å². The van der Waals surface area contributed by atoms with Crippen LogP contribution in [0.15, 0.2) is 11.6 Å². The van der Waals surface area contributed by atoms with Gasteiger partial charge in [0.25, 0.3) is 0 Å². The van der Waals surface area contributed by atoms with Crippen LogP contribution >= 0.6 is 0 Å². The molecule has 198 valence electrons. The molecule has 5 rings (SSSR count). The lowest BCUT2D eigenvalue weighted by atomic mass is 9.33. The van der Waals surface area contributed by atoms with Gasteiger partial charge in [0.15, 0.2) is 0 Å². The Kier molecular flexibility index (Phi) is 5.40. The Labute approximate surface area is 211 Å². The largest absolute Gasteiger partial charge is 0.481 e. The van der Waals surface area contributed by atoms with Gasteiger partial charge in [-0.25, -0.2) is 0 Å². The Balaban J connectivity index is 1.63. The fraction of sp³-hybridized carbons (Fsp3) is 0.900. The number of hydrogen-bond donors (Lipinski definition) is 4. The van der Waals surface area contributed by atoms with Crippen molar-refractivity contribution in [3.8, 4) is 0 Å². The van der Waals surface area contributed by atoms with Crippen LogP contribution in [0, 0.1) is 50.2 Å². The molecule has 0 bridgehead atoms. The second-order valence-electron chi connectivity index (χ2n) is 15.2. The summed E-state index contributed by atoms with van der Waals surface area (Å²) in [6, 6.07) is 0. The van der Waals surface area contributed by atoms with Gasteiger partial charge in [0.05, 0.1) is 17.6 Å². The van der Waals surface area contributed by atoms with E-state index in [2.05, 4.69) is 54.5 Å². The molecule has 4 fully saturated rings. The minimum absolute atomic E-state index is 0.0611. The predicted molar refractivity (Wildman–Crippen MR) is 135 cm³/mol. The molecule has 0 aromatic rings. The number of hydrogen-bond acceptors (Lipinski definition) is 4. The van der Waals surface area contributed by atoms with E-state index in [4.69, 9.17) is 0 Å². The summed E-state index contributed by atoms with van der Waals surface area (Å²) >= 11 is 0. The molecule has 0 radical (unpaired) electrons. The van der Waals surface area contributed by atoms with Crippen molar-refractivity contribution in [3.05, 3.63) is 11.6 Å². The molecular formula is C30H48O5. The number of fused-ring (bicyclic) bond motifs is 7. The highest BCUT2D eigenvalue weighted by atomic mass is 16.4. The smallest absolute Gasteiger partial charge is 0.310 e. The van der Waals surface area contributed by atoms with E-state index in [-0.39, 0.29) is 34.0 Å². The first-order valence-electron chi connectivity index (χ1n) is 14.0. The molecule has 0 aromatic carbocycles. The zero-order valence-corrected chi connectivity index (χ0v) is 22.9. The molecule has 0 spiro atoms. The lowest BCUT2D eigenvalue weighted by Gasteiger charge is -2.72. The van der Waals surface area contributed by atoms with Gasteiger partial charge < -0.3 is 20.4 Å². The Hall–Kier alpha value is -0.910. The van der Waals surface area contributed by atoms with E-state index in [9.17, 15) is 25.2 Å². The van der Waals surface area contributed by atoms with Crippen LogP contribution in [0.2, 0.25) is 0 Å². The van der Waals surface area contributed by atoms with Gasteiger partial charge in [0, 0.05) is 5.41 Å². The zero-order chi connectivity index (χ0) is 26.0. The van der Waals surface area contributed by atoms with E-state index in [1.54, 1.807) is 0 Å². The quantitative estimate of drug-likeness (QED) is 0.382. The fourth-order valence-electron chi connectivity index (χ4n) is 10.7. The molecule has 35 heavy (non-hydrogen) atoms. The van der Waals surface area contributed by atoms with E-state index < -0.39 is 40.5 Å². The van der Waals surface area contributed by atoms with Crippen LogP contribution in [0.5, 0.6) is 0 Å². The number of allylic oxidation sites excluding steroid dienone is 2. The van der Waals surface area contributed by atoms with E-state index in [0.717, 1.165) is 51.4 Å². The highest BCUT2D eigenvalue weighted by molar-refractivity contribution is 5.76. The van der Waals surface area contributed by atoms with Gasteiger partial charge in [-0.15, -0.1) is 0 Å². The molecule has 5 heteroatoms. The minimum Gasteiger partial charge on any atom is -0.481 e. The summed E-state index contributed by atoms with van der Waals surface area (Å²) in [5.74, 6) is -0.292. The van der Waals surface area contributed by atoms with Gasteiger partial charge in [-0.3, -0.25) is 4.79 Å². The number of carbonyl (C=O) groups is 1.